The SMILES string of the molecule is CC(C)(C)c1ccc(N2CCOCC2)s1. The summed E-state index contributed by atoms with van der Waals surface area (Å²) in [5.74, 6) is 0. The third-order valence-electron chi connectivity index (χ3n) is 2.65. The molecule has 84 valence electrons. The summed E-state index contributed by atoms with van der Waals surface area (Å²) in [6.45, 7) is 10.6. The van der Waals surface area contributed by atoms with Gasteiger partial charge in [-0.1, -0.05) is 20.8 Å². The first-order valence-electron chi connectivity index (χ1n) is 5.50. The van der Waals surface area contributed by atoms with Crippen LogP contribution in [0.15, 0.2) is 12.1 Å². The molecule has 0 saturated carbocycles. The largest absolute Gasteiger partial charge is 0.378 e. The van der Waals surface area contributed by atoms with Crippen LogP contribution in [0.25, 0.3) is 0 Å². The molecule has 2 heterocycles. The second-order valence-corrected chi connectivity index (χ2v) is 6.05. The molecule has 1 aromatic heterocycles. The first-order chi connectivity index (χ1) is 7.07. The fraction of sp³-hybridized carbons (Fsp3) is 0.667. The van der Waals surface area contributed by atoms with Crippen LogP contribution in [0.1, 0.15) is 25.6 Å². The molecule has 15 heavy (non-hydrogen) atoms. The molecule has 0 unspecified atom stereocenters. The Balaban J connectivity index is 2.12. The number of hydrogen-bond donors (Lipinski definition) is 0. The van der Waals surface area contributed by atoms with E-state index in [0.717, 1.165) is 26.3 Å². The zero-order valence-electron chi connectivity index (χ0n) is 9.75. The van der Waals surface area contributed by atoms with E-state index in [-0.39, 0.29) is 5.41 Å². The number of rotatable bonds is 1. The Kier molecular flexibility index (Phi) is 3.03. The minimum Gasteiger partial charge on any atom is -0.378 e. The monoisotopic (exact) mass is 225 g/mol. The van der Waals surface area contributed by atoms with Gasteiger partial charge in [0.25, 0.3) is 0 Å². The van der Waals surface area contributed by atoms with Gasteiger partial charge in [0.2, 0.25) is 0 Å². The second-order valence-electron chi connectivity index (χ2n) is 4.99. The first kappa shape index (κ1) is 11.0. The van der Waals surface area contributed by atoms with Crippen LogP contribution in [0, 0.1) is 0 Å². The van der Waals surface area contributed by atoms with Crippen LogP contribution < -0.4 is 4.90 Å². The molecule has 0 aromatic carbocycles. The maximum atomic E-state index is 5.36. The molecule has 0 radical (unpaired) electrons. The van der Waals surface area contributed by atoms with Gasteiger partial charge in [0.1, 0.15) is 0 Å². The summed E-state index contributed by atoms with van der Waals surface area (Å²) in [6, 6.07) is 4.51. The van der Waals surface area contributed by atoms with E-state index in [1.165, 1.54) is 9.88 Å². The standard InChI is InChI=1S/C12H19NOS/c1-12(2,3)10-4-5-11(15-10)13-6-8-14-9-7-13/h4-5H,6-9H2,1-3H3. The molecule has 2 rings (SSSR count). The lowest BCUT2D eigenvalue weighted by atomic mass is 9.95. The molecule has 0 atom stereocenters. The lowest BCUT2D eigenvalue weighted by molar-refractivity contribution is 0.123. The number of hydrogen-bond acceptors (Lipinski definition) is 3. The summed E-state index contributed by atoms with van der Waals surface area (Å²) >= 11 is 1.92. The highest BCUT2D eigenvalue weighted by Gasteiger charge is 2.19. The molecule has 0 spiro atoms. The Morgan fingerprint density at radius 3 is 2.40 bits per heavy atom. The van der Waals surface area contributed by atoms with Crippen molar-refractivity contribution in [2.75, 3.05) is 31.2 Å². The molecule has 3 heteroatoms. The van der Waals surface area contributed by atoms with E-state index in [4.69, 9.17) is 4.74 Å². The Hall–Kier alpha value is -0.540. The number of anilines is 1. The van der Waals surface area contributed by atoms with Crippen molar-refractivity contribution in [3.05, 3.63) is 17.0 Å². The van der Waals surface area contributed by atoms with Crippen molar-refractivity contribution in [3.63, 3.8) is 0 Å². The predicted molar refractivity (Wildman–Crippen MR) is 66.1 cm³/mol. The molecule has 1 aliphatic heterocycles. The summed E-state index contributed by atoms with van der Waals surface area (Å²) in [5, 5.41) is 1.39. The van der Waals surface area contributed by atoms with E-state index in [1.54, 1.807) is 0 Å². The molecular formula is C12H19NOS. The predicted octanol–water partition coefficient (Wildman–Crippen LogP) is 2.88. The molecule has 1 aromatic rings. The minimum atomic E-state index is 0.273. The van der Waals surface area contributed by atoms with E-state index in [9.17, 15) is 0 Å². The zero-order chi connectivity index (χ0) is 10.9. The third kappa shape index (κ3) is 2.52. The van der Waals surface area contributed by atoms with Crippen molar-refractivity contribution in [2.45, 2.75) is 26.2 Å². The van der Waals surface area contributed by atoms with Crippen LogP contribution in [-0.2, 0) is 10.2 Å². The molecule has 0 aliphatic carbocycles. The third-order valence-corrected chi connectivity index (χ3v) is 4.23. The topological polar surface area (TPSA) is 12.5 Å². The summed E-state index contributed by atoms with van der Waals surface area (Å²) in [6.07, 6.45) is 0. The van der Waals surface area contributed by atoms with Crippen molar-refractivity contribution >= 4 is 16.3 Å². The van der Waals surface area contributed by atoms with Crippen LogP contribution in [0.2, 0.25) is 0 Å². The van der Waals surface area contributed by atoms with E-state index in [1.807, 2.05) is 11.3 Å². The van der Waals surface area contributed by atoms with Crippen molar-refractivity contribution in [1.29, 1.82) is 0 Å². The highest BCUT2D eigenvalue weighted by Crippen LogP contribution is 2.34. The van der Waals surface area contributed by atoms with Gasteiger partial charge in [0, 0.05) is 18.0 Å². The van der Waals surface area contributed by atoms with E-state index in [0.29, 0.717) is 0 Å². The van der Waals surface area contributed by atoms with Crippen molar-refractivity contribution in [3.8, 4) is 0 Å². The molecule has 2 nitrogen and oxygen atoms in total. The molecule has 1 fully saturated rings. The Morgan fingerprint density at radius 2 is 1.87 bits per heavy atom. The molecule has 0 bridgehead atoms. The molecular weight excluding hydrogens is 206 g/mol. The van der Waals surface area contributed by atoms with Gasteiger partial charge in [-0.2, -0.15) is 0 Å². The second kappa shape index (κ2) is 4.14. The van der Waals surface area contributed by atoms with Gasteiger partial charge in [0.05, 0.1) is 18.2 Å². The Bertz CT molecular complexity index is 321. The van der Waals surface area contributed by atoms with Gasteiger partial charge in [-0.05, 0) is 17.5 Å². The molecule has 0 N–H and O–H groups in total. The van der Waals surface area contributed by atoms with Gasteiger partial charge in [0.15, 0.2) is 0 Å². The molecule has 0 amide bonds. The maximum absolute atomic E-state index is 5.36. The van der Waals surface area contributed by atoms with E-state index >= 15 is 0 Å². The number of nitrogens with zero attached hydrogens (tertiary/aromatic N) is 1. The summed E-state index contributed by atoms with van der Waals surface area (Å²) in [4.78, 5) is 3.88. The fourth-order valence-corrected chi connectivity index (χ4v) is 2.80. The highest BCUT2D eigenvalue weighted by atomic mass is 32.1. The van der Waals surface area contributed by atoms with Gasteiger partial charge in [-0.25, -0.2) is 0 Å². The normalized spacial score (nSPS) is 18.2. The van der Waals surface area contributed by atoms with Crippen molar-refractivity contribution < 1.29 is 4.74 Å². The molecule has 1 aliphatic rings. The van der Waals surface area contributed by atoms with Crippen molar-refractivity contribution in [1.82, 2.24) is 0 Å². The fourth-order valence-electron chi connectivity index (χ4n) is 1.68. The van der Waals surface area contributed by atoms with Crippen LogP contribution in [-0.4, -0.2) is 26.3 Å². The van der Waals surface area contributed by atoms with Crippen LogP contribution in [0.4, 0.5) is 5.00 Å². The smallest absolute Gasteiger partial charge is 0.0913 e. The van der Waals surface area contributed by atoms with Crippen LogP contribution in [0.5, 0.6) is 0 Å². The van der Waals surface area contributed by atoms with E-state index < -0.39 is 0 Å². The summed E-state index contributed by atoms with van der Waals surface area (Å²) in [5.41, 5.74) is 0.273. The van der Waals surface area contributed by atoms with Gasteiger partial charge in [-0.3, -0.25) is 0 Å². The number of thiophene rings is 1. The van der Waals surface area contributed by atoms with E-state index in [2.05, 4.69) is 37.8 Å². The highest BCUT2D eigenvalue weighted by molar-refractivity contribution is 7.16. The van der Waals surface area contributed by atoms with Crippen LogP contribution in [0.3, 0.4) is 0 Å². The summed E-state index contributed by atoms with van der Waals surface area (Å²) < 4.78 is 5.36. The average Bonchev–Trinajstić information content (AvgIpc) is 2.67. The quantitative estimate of drug-likeness (QED) is 0.728. The van der Waals surface area contributed by atoms with Gasteiger partial charge < -0.3 is 9.64 Å². The minimum absolute atomic E-state index is 0.273. The van der Waals surface area contributed by atoms with Gasteiger partial charge in [-0.15, -0.1) is 11.3 Å². The van der Waals surface area contributed by atoms with Crippen LogP contribution >= 0.6 is 11.3 Å². The average molecular weight is 225 g/mol. The van der Waals surface area contributed by atoms with Gasteiger partial charge >= 0.3 is 0 Å². The Morgan fingerprint density at radius 1 is 1.20 bits per heavy atom. The molecule has 1 saturated heterocycles. The lowest BCUT2D eigenvalue weighted by Crippen LogP contribution is -2.35. The van der Waals surface area contributed by atoms with Crippen molar-refractivity contribution in [2.24, 2.45) is 0 Å². The number of ether oxygens (including phenoxy) is 1. The number of morpholine rings is 1. The zero-order valence-corrected chi connectivity index (χ0v) is 10.6. The summed E-state index contributed by atoms with van der Waals surface area (Å²) in [7, 11) is 0. The Labute approximate surface area is 95.9 Å². The lowest BCUT2D eigenvalue weighted by Gasteiger charge is -2.27. The first-order valence-corrected chi connectivity index (χ1v) is 6.32. The maximum Gasteiger partial charge on any atom is 0.0913 e.